The molecule has 0 heterocycles. The van der Waals surface area contributed by atoms with Gasteiger partial charge in [0.25, 0.3) is 0 Å². The summed E-state index contributed by atoms with van der Waals surface area (Å²) >= 11 is 0. The molecule has 14 heteroatoms. The van der Waals surface area contributed by atoms with Crippen molar-refractivity contribution in [3.63, 3.8) is 0 Å². The molecular weight excluding hydrogens is 617 g/mol. The number of amides is 3. The van der Waals surface area contributed by atoms with Crippen molar-refractivity contribution in [1.29, 1.82) is 0 Å². The number of guanidine groups is 1. The molecule has 8 N–H and O–H groups in total. The molecule has 2 aromatic rings. The molecule has 47 heavy (non-hydrogen) atoms. The van der Waals surface area contributed by atoms with Gasteiger partial charge >= 0.3 is 12.1 Å². The maximum Gasteiger partial charge on any atom is 0.416 e. The summed E-state index contributed by atoms with van der Waals surface area (Å²) in [7, 11) is 0. The predicted molar refractivity (Wildman–Crippen MR) is 170 cm³/mol. The number of benzene rings is 2. The van der Waals surface area contributed by atoms with Crippen LogP contribution in [0.1, 0.15) is 84.8 Å². The third kappa shape index (κ3) is 11.3. The largest absolute Gasteiger partial charge is 0.464 e. The highest BCUT2D eigenvalue weighted by molar-refractivity contribution is 5.94. The summed E-state index contributed by atoms with van der Waals surface area (Å²) in [6.07, 6.45) is -0.264. The third-order valence-electron chi connectivity index (χ3n) is 8.15. The molecule has 1 unspecified atom stereocenters. The van der Waals surface area contributed by atoms with Crippen molar-refractivity contribution >= 4 is 29.7 Å². The van der Waals surface area contributed by atoms with Crippen LogP contribution in [0.25, 0.3) is 0 Å². The summed E-state index contributed by atoms with van der Waals surface area (Å²) in [4.78, 5) is 56.1. The molecule has 0 bridgehead atoms. The lowest BCUT2D eigenvalue weighted by Crippen LogP contribution is -2.55. The van der Waals surface area contributed by atoms with E-state index in [1.54, 1.807) is 19.1 Å². The van der Waals surface area contributed by atoms with Gasteiger partial charge in [0.1, 0.15) is 12.1 Å². The van der Waals surface area contributed by atoms with Gasteiger partial charge in [-0.05, 0) is 74.3 Å². The quantitative estimate of drug-likeness (QED) is 0.0837. The van der Waals surface area contributed by atoms with Gasteiger partial charge in [0.05, 0.1) is 18.1 Å². The molecule has 1 aliphatic rings. The van der Waals surface area contributed by atoms with Crippen LogP contribution in [0.2, 0.25) is 0 Å². The number of hydrogen-bond donors (Lipinski definition) is 5. The topological polar surface area (TPSA) is 192 Å². The van der Waals surface area contributed by atoms with Crippen molar-refractivity contribution in [3.8, 4) is 0 Å². The number of halogens is 3. The van der Waals surface area contributed by atoms with E-state index in [1.165, 1.54) is 24.3 Å². The molecule has 0 saturated heterocycles. The molecule has 1 aliphatic carbocycles. The zero-order valence-corrected chi connectivity index (χ0v) is 26.4. The maximum absolute atomic E-state index is 14.1. The Morgan fingerprint density at radius 2 is 1.64 bits per heavy atom. The summed E-state index contributed by atoms with van der Waals surface area (Å²) < 4.78 is 46.2. The van der Waals surface area contributed by atoms with Crippen LogP contribution >= 0.6 is 0 Å². The Balaban J connectivity index is 1.93. The highest BCUT2D eigenvalue weighted by Crippen LogP contribution is 2.33. The second-order valence-corrected chi connectivity index (χ2v) is 11.6. The second kappa shape index (κ2) is 17.3. The molecule has 256 valence electrons. The zero-order chi connectivity index (χ0) is 34.6. The van der Waals surface area contributed by atoms with E-state index < -0.39 is 53.4 Å². The van der Waals surface area contributed by atoms with Crippen molar-refractivity contribution in [2.45, 2.75) is 82.5 Å². The van der Waals surface area contributed by atoms with Crippen LogP contribution in [0.5, 0.6) is 0 Å². The molecule has 0 spiro atoms. The van der Waals surface area contributed by atoms with Gasteiger partial charge in [0, 0.05) is 12.1 Å². The van der Waals surface area contributed by atoms with Crippen molar-refractivity contribution in [3.05, 3.63) is 70.8 Å². The SMILES string of the molecule is CCOC(=O)[C@H](CCCN=C(N)N)NC(=O)[C@@H](NC(=O)C(Cc1ccc(C(N)=O)cc1)c1cccc(C(F)(F)F)c1)C1CCCCC1. The van der Waals surface area contributed by atoms with E-state index in [9.17, 15) is 32.3 Å². The van der Waals surface area contributed by atoms with Crippen molar-refractivity contribution < 1.29 is 37.1 Å². The number of aliphatic imine (C=N–C) groups is 1. The van der Waals surface area contributed by atoms with Crippen LogP contribution in [0.4, 0.5) is 13.2 Å². The lowest BCUT2D eigenvalue weighted by atomic mass is 9.82. The summed E-state index contributed by atoms with van der Waals surface area (Å²) in [5.41, 5.74) is 16.1. The van der Waals surface area contributed by atoms with Crippen molar-refractivity contribution in [2.24, 2.45) is 28.1 Å². The maximum atomic E-state index is 14.1. The molecule has 3 atom stereocenters. The highest BCUT2D eigenvalue weighted by Gasteiger charge is 2.36. The Hall–Kier alpha value is -4.62. The molecule has 0 aliphatic heterocycles. The molecule has 1 fully saturated rings. The number of nitrogens with zero attached hydrogens (tertiary/aromatic N) is 1. The van der Waals surface area contributed by atoms with E-state index >= 15 is 0 Å². The number of esters is 1. The molecule has 0 radical (unpaired) electrons. The van der Waals surface area contributed by atoms with Crippen LogP contribution < -0.4 is 27.8 Å². The number of carbonyl (C=O) groups is 4. The molecule has 3 amide bonds. The first-order chi connectivity index (χ1) is 22.3. The number of hydrogen-bond acceptors (Lipinski definition) is 6. The van der Waals surface area contributed by atoms with Gasteiger partial charge in [-0.15, -0.1) is 0 Å². The normalized spacial score (nSPS) is 15.5. The first-order valence-corrected chi connectivity index (χ1v) is 15.7. The lowest BCUT2D eigenvalue weighted by molar-refractivity contribution is -0.148. The number of nitrogens with two attached hydrogens (primary N) is 3. The third-order valence-corrected chi connectivity index (χ3v) is 8.15. The van der Waals surface area contributed by atoms with Crippen LogP contribution in [0.3, 0.4) is 0 Å². The first kappa shape index (κ1) is 36.8. The molecule has 3 rings (SSSR count). The van der Waals surface area contributed by atoms with Crippen molar-refractivity contribution in [2.75, 3.05) is 13.2 Å². The number of ether oxygens (including phenoxy) is 1. The predicted octanol–water partition coefficient (Wildman–Crippen LogP) is 3.30. The molecule has 1 saturated carbocycles. The molecule has 0 aromatic heterocycles. The summed E-state index contributed by atoms with van der Waals surface area (Å²) in [5, 5.41) is 5.57. The zero-order valence-electron chi connectivity index (χ0n) is 26.4. The van der Waals surface area contributed by atoms with E-state index in [1.807, 2.05) is 0 Å². The average Bonchev–Trinajstić information content (AvgIpc) is 3.04. The van der Waals surface area contributed by atoms with E-state index in [-0.39, 0.29) is 49.0 Å². The van der Waals surface area contributed by atoms with Gasteiger partial charge in [-0.1, -0.05) is 49.6 Å². The second-order valence-electron chi connectivity index (χ2n) is 11.6. The minimum atomic E-state index is -4.64. The summed E-state index contributed by atoms with van der Waals surface area (Å²) in [5.74, 6) is -4.07. The number of nitrogens with one attached hydrogen (secondary N) is 2. The summed E-state index contributed by atoms with van der Waals surface area (Å²) in [6, 6.07) is 8.49. The Morgan fingerprint density at radius 1 is 0.957 bits per heavy atom. The van der Waals surface area contributed by atoms with Gasteiger partial charge in [-0.2, -0.15) is 13.2 Å². The Kier molecular flexibility index (Phi) is 13.6. The highest BCUT2D eigenvalue weighted by atomic mass is 19.4. The van der Waals surface area contributed by atoms with Gasteiger partial charge < -0.3 is 32.6 Å². The fraction of sp³-hybridized carbons (Fsp3) is 0.485. The smallest absolute Gasteiger partial charge is 0.416 e. The monoisotopic (exact) mass is 660 g/mol. The first-order valence-electron chi connectivity index (χ1n) is 15.7. The van der Waals surface area contributed by atoms with Crippen LogP contribution in [-0.4, -0.2) is 54.9 Å². The van der Waals surface area contributed by atoms with Gasteiger partial charge in [0.2, 0.25) is 17.7 Å². The van der Waals surface area contributed by atoms with Crippen LogP contribution in [-0.2, 0) is 31.7 Å². The Morgan fingerprint density at radius 3 is 2.23 bits per heavy atom. The van der Waals surface area contributed by atoms with E-state index in [0.29, 0.717) is 24.8 Å². The van der Waals surface area contributed by atoms with Crippen LogP contribution in [0, 0.1) is 5.92 Å². The standard InChI is InChI=1S/C33H43F3N6O5/c1-2-47-31(46)26(12-7-17-40-32(38)39)41-30(45)27(21-8-4-3-5-9-21)42-29(44)25(18-20-13-15-22(16-14-20)28(37)43)23-10-6-11-24(19-23)33(34,35)36/h6,10-11,13-16,19,21,25-27H,2-5,7-9,12,17-18H2,1H3,(H2,37,43)(H,41,45)(H,42,44)(H4,38,39,40)/t25?,26-,27-/m0/s1. The number of primary amides is 1. The fourth-order valence-electron chi connectivity index (χ4n) is 5.71. The number of alkyl halides is 3. The van der Waals surface area contributed by atoms with Gasteiger partial charge in [-0.3, -0.25) is 19.4 Å². The van der Waals surface area contributed by atoms with E-state index in [4.69, 9.17) is 21.9 Å². The Labute approximate surface area is 271 Å². The number of rotatable bonds is 15. The lowest BCUT2D eigenvalue weighted by Gasteiger charge is -2.32. The van der Waals surface area contributed by atoms with Gasteiger partial charge in [-0.25, -0.2) is 4.79 Å². The number of carbonyl (C=O) groups excluding carboxylic acids is 4. The minimum absolute atomic E-state index is 0.0264. The molecule has 11 nitrogen and oxygen atoms in total. The fourth-order valence-corrected chi connectivity index (χ4v) is 5.71. The summed E-state index contributed by atoms with van der Waals surface area (Å²) in [6.45, 7) is 1.94. The average molecular weight is 661 g/mol. The molecule has 2 aromatic carbocycles. The van der Waals surface area contributed by atoms with Crippen molar-refractivity contribution in [1.82, 2.24) is 10.6 Å². The van der Waals surface area contributed by atoms with Gasteiger partial charge in [0.15, 0.2) is 5.96 Å². The Bertz CT molecular complexity index is 1410. The van der Waals surface area contributed by atoms with E-state index in [2.05, 4.69) is 15.6 Å². The molecular formula is C33H43F3N6O5. The minimum Gasteiger partial charge on any atom is -0.464 e. The van der Waals surface area contributed by atoms with Crippen LogP contribution in [0.15, 0.2) is 53.5 Å². The van der Waals surface area contributed by atoms with E-state index in [0.717, 1.165) is 31.4 Å².